The molecule has 0 spiro atoms. The maximum Gasteiger partial charge on any atom is 0.426 e. The Kier molecular flexibility index (Phi) is 7.64. The number of amides is 1. The standard InChI is InChI=1S/C18H16ClF4NO5S2/c1-17(27,18(21,22)23)16(26)24-14-4-2-10(8-12(14)19)31(28,29)11-3-5-15(13(20)9-11)30-7-6-25/h2-5,8-9,25,27H,6-7H2,1H3,(H,24,26)/t17-/m1/s1. The smallest absolute Gasteiger partial charge is 0.396 e. The van der Waals surface area contributed by atoms with Crippen LogP contribution < -0.4 is 5.32 Å². The molecular weight excluding hydrogens is 486 g/mol. The van der Waals surface area contributed by atoms with Crippen molar-refractivity contribution in [3.8, 4) is 0 Å². The molecule has 1 atom stereocenters. The third kappa shape index (κ3) is 5.50. The maximum atomic E-state index is 14.2. The van der Waals surface area contributed by atoms with Crippen LogP contribution in [0.3, 0.4) is 0 Å². The van der Waals surface area contributed by atoms with Crippen molar-refractivity contribution in [3.63, 3.8) is 0 Å². The molecule has 0 unspecified atom stereocenters. The maximum absolute atomic E-state index is 14.2. The van der Waals surface area contributed by atoms with Gasteiger partial charge >= 0.3 is 6.18 Å². The first-order chi connectivity index (χ1) is 14.2. The number of nitrogens with one attached hydrogen (secondary N) is 1. The van der Waals surface area contributed by atoms with Crippen molar-refractivity contribution in [3.05, 3.63) is 47.2 Å². The largest absolute Gasteiger partial charge is 0.426 e. The minimum atomic E-state index is -5.25. The second-order valence-corrected chi connectivity index (χ2v) is 9.83. The van der Waals surface area contributed by atoms with E-state index in [0.29, 0.717) is 0 Å². The van der Waals surface area contributed by atoms with Gasteiger partial charge in [0.2, 0.25) is 15.4 Å². The average molecular weight is 502 g/mol. The number of carbonyl (C=O) groups is 1. The van der Waals surface area contributed by atoms with E-state index in [2.05, 4.69) is 0 Å². The molecule has 1 amide bonds. The number of thioether (sulfide) groups is 1. The summed E-state index contributed by atoms with van der Waals surface area (Å²) in [7, 11) is -4.24. The fraction of sp³-hybridized carbons (Fsp3) is 0.278. The van der Waals surface area contributed by atoms with E-state index in [9.17, 15) is 35.9 Å². The van der Waals surface area contributed by atoms with Gasteiger partial charge in [-0.1, -0.05) is 11.6 Å². The number of aliphatic hydroxyl groups excluding tert-OH is 1. The first-order valence-corrected chi connectivity index (χ1v) is 11.2. The summed E-state index contributed by atoms with van der Waals surface area (Å²) >= 11 is 6.90. The van der Waals surface area contributed by atoms with Gasteiger partial charge in [-0.3, -0.25) is 4.79 Å². The van der Waals surface area contributed by atoms with Crippen molar-refractivity contribution in [2.45, 2.75) is 33.4 Å². The zero-order chi connectivity index (χ0) is 23.6. The van der Waals surface area contributed by atoms with Crippen LogP contribution in [0.25, 0.3) is 0 Å². The van der Waals surface area contributed by atoms with Gasteiger partial charge in [0.1, 0.15) is 5.82 Å². The summed E-state index contributed by atoms with van der Waals surface area (Å²) in [5, 5.41) is 19.5. The van der Waals surface area contributed by atoms with E-state index in [1.54, 1.807) is 5.32 Å². The van der Waals surface area contributed by atoms with Crippen LogP contribution in [0.15, 0.2) is 51.1 Å². The minimum Gasteiger partial charge on any atom is -0.396 e. The number of hydrogen-bond donors (Lipinski definition) is 3. The summed E-state index contributed by atoms with van der Waals surface area (Å²) in [4.78, 5) is 11.1. The quantitative estimate of drug-likeness (QED) is 0.395. The lowest BCUT2D eigenvalue weighted by molar-refractivity contribution is -0.242. The van der Waals surface area contributed by atoms with Crippen LogP contribution in [-0.2, 0) is 14.6 Å². The van der Waals surface area contributed by atoms with E-state index in [4.69, 9.17) is 16.7 Å². The van der Waals surface area contributed by atoms with Crippen molar-refractivity contribution >= 4 is 44.8 Å². The van der Waals surface area contributed by atoms with Gasteiger partial charge in [-0.15, -0.1) is 11.8 Å². The number of alkyl halides is 3. The van der Waals surface area contributed by atoms with E-state index >= 15 is 0 Å². The van der Waals surface area contributed by atoms with Crippen molar-refractivity contribution in [2.75, 3.05) is 17.7 Å². The fourth-order valence-corrected chi connectivity index (χ4v) is 4.46. The molecule has 6 nitrogen and oxygen atoms in total. The first kappa shape index (κ1) is 25.4. The van der Waals surface area contributed by atoms with Gasteiger partial charge in [-0.05, 0) is 43.3 Å². The lowest BCUT2D eigenvalue weighted by Crippen LogP contribution is -2.52. The summed E-state index contributed by atoms with van der Waals surface area (Å²) in [6.45, 7) is 0.0655. The van der Waals surface area contributed by atoms with Gasteiger partial charge in [-0.25, -0.2) is 12.8 Å². The van der Waals surface area contributed by atoms with E-state index in [-0.39, 0.29) is 29.9 Å². The van der Waals surface area contributed by atoms with Crippen molar-refractivity contribution in [1.29, 1.82) is 0 Å². The number of carbonyl (C=O) groups excluding carboxylic acids is 1. The number of aliphatic hydroxyl groups is 2. The Morgan fingerprint density at radius 1 is 1.16 bits per heavy atom. The van der Waals surface area contributed by atoms with Gasteiger partial charge in [0.15, 0.2) is 0 Å². The minimum absolute atomic E-state index is 0.140. The summed E-state index contributed by atoms with van der Waals surface area (Å²) < 4.78 is 77.9. The van der Waals surface area contributed by atoms with Crippen LogP contribution in [0.1, 0.15) is 6.92 Å². The van der Waals surface area contributed by atoms with Crippen LogP contribution in [0, 0.1) is 5.82 Å². The molecule has 31 heavy (non-hydrogen) atoms. The SMILES string of the molecule is C[C@@](O)(C(=O)Nc1ccc(S(=O)(=O)c2ccc(SCCO)c(F)c2)cc1Cl)C(F)(F)F. The molecule has 170 valence electrons. The molecular formula is C18H16ClF4NO5S2. The molecule has 0 aliphatic heterocycles. The van der Waals surface area contributed by atoms with Gasteiger partial charge < -0.3 is 15.5 Å². The molecule has 2 aromatic rings. The predicted molar refractivity (Wildman–Crippen MR) is 106 cm³/mol. The monoisotopic (exact) mass is 501 g/mol. The molecule has 0 aromatic heterocycles. The summed E-state index contributed by atoms with van der Waals surface area (Å²) in [6, 6.07) is 5.97. The summed E-state index contributed by atoms with van der Waals surface area (Å²) in [6.07, 6.45) is -5.25. The second-order valence-electron chi connectivity index (χ2n) is 6.33. The van der Waals surface area contributed by atoms with Crippen LogP contribution in [0.5, 0.6) is 0 Å². The highest BCUT2D eigenvalue weighted by atomic mass is 35.5. The Bertz CT molecular complexity index is 1090. The Balaban J connectivity index is 2.32. The molecule has 3 N–H and O–H groups in total. The summed E-state index contributed by atoms with van der Waals surface area (Å²) in [5.74, 6) is -2.41. The molecule has 0 bridgehead atoms. The molecule has 13 heteroatoms. The Morgan fingerprint density at radius 2 is 1.74 bits per heavy atom. The predicted octanol–water partition coefficient (Wildman–Crippen LogP) is 3.65. The van der Waals surface area contributed by atoms with Crippen molar-refractivity contribution < 1.29 is 41.0 Å². The zero-order valence-electron chi connectivity index (χ0n) is 15.7. The lowest BCUT2D eigenvalue weighted by atomic mass is 10.1. The van der Waals surface area contributed by atoms with E-state index < -0.39 is 48.2 Å². The lowest BCUT2D eigenvalue weighted by Gasteiger charge is -2.25. The normalized spacial score (nSPS) is 14.2. The highest BCUT2D eigenvalue weighted by molar-refractivity contribution is 7.99. The number of rotatable bonds is 7. The number of benzene rings is 2. The highest BCUT2D eigenvalue weighted by Crippen LogP contribution is 2.34. The molecule has 0 aliphatic carbocycles. The molecule has 0 aliphatic rings. The second kappa shape index (κ2) is 9.33. The fourth-order valence-electron chi connectivity index (χ4n) is 2.19. The number of hydrogen-bond acceptors (Lipinski definition) is 6. The molecule has 0 radical (unpaired) electrons. The highest BCUT2D eigenvalue weighted by Gasteiger charge is 2.55. The molecule has 0 saturated carbocycles. The third-order valence-corrected chi connectivity index (χ3v) is 7.15. The molecule has 2 rings (SSSR count). The molecule has 0 heterocycles. The number of anilines is 1. The van der Waals surface area contributed by atoms with E-state index in [1.165, 1.54) is 6.07 Å². The van der Waals surface area contributed by atoms with Gasteiger partial charge in [0.05, 0.1) is 27.1 Å². The number of halogens is 5. The van der Waals surface area contributed by atoms with Crippen LogP contribution in [-0.4, -0.2) is 48.7 Å². The van der Waals surface area contributed by atoms with Crippen LogP contribution >= 0.6 is 23.4 Å². The van der Waals surface area contributed by atoms with Gasteiger partial charge in [0, 0.05) is 10.6 Å². The van der Waals surface area contributed by atoms with E-state index in [0.717, 1.165) is 42.1 Å². The molecule has 0 saturated heterocycles. The third-order valence-electron chi connectivity index (χ3n) is 4.06. The van der Waals surface area contributed by atoms with E-state index in [1.807, 2.05) is 0 Å². The van der Waals surface area contributed by atoms with Gasteiger partial charge in [0.25, 0.3) is 5.91 Å². The van der Waals surface area contributed by atoms with Crippen molar-refractivity contribution in [2.24, 2.45) is 0 Å². The average Bonchev–Trinajstić information content (AvgIpc) is 2.67. The number of sulfone groups is 1. The van der Waals surface area contributed by atoms with Crippen LogP contribution in [0.4, 0.5) is 23.2 Å². The zero-order valence-corrected chi connectivity index (χ0v) is 18.1. The molecule has 0 fully saturated rings. The van der Waals surface area contributed by atoms with Crippen LogP contribution in [0.2, 0.25) is 5.02 Å². The van der Waals surface area contributed by atoms with Gasteiger partial charge in [-0.2, -0.15) is 13.2 Å². The first-order valence-electron chi connectivity index (χ1n) is 8.40. The Morgan fingerprint density at radius 3 is 2.26 bits per heavy atom. The summed E-state index contributed by atoms with van der Waals surface area (Å²) in [5.41, 5.74) is -4.06. The van der Waals surface area contributed by atoms with Crippen molar-refractivity contribution in [1.82, 2.24) is 0 Å². The Hall–Kier alpha value is -1.86. The molecule has 2 aromatic carbocycles. The Labute approximate surface area is 184 Å². The topological polar surface area (TPSA) is 104 Å².